The Kier molecular flexibility index (Phi) is 5.87. The number of carbonyl (C=O) groups is 1. The number of nitrogens with one attached hydrogen (secondary N) is 2. The van der Waals surface area contributed by atoms with Gasteiger partial charge in [-0.2, -0.15) is 5.10 Å². The van der Waals surface area contributed by atoms with Gasteiger partial charge in [-0.3, -0.25) is 9.58 Å². The maximum absolute atomic E-state index is 12.2. The Hall–Kier alpha value is -1.86. The van der Waals surface area contributed by atoms with Crippen LogP contribution in [-0.4, -0.2) is 46.4 Å². The fraction of sp³-hybridized carbons (Fsp3) is 0.529. The van der Waals surface area contributed by atoms with Gasteiger partial charge >= 0.3 is 6.03 Å². The van der Waals surface area contributed by atoms with Crippen molar-refractivity contribution in [2.45, 2.75) is 38.4 Å². The highest BCUT2D eigenvalue weighted by molar-refractivity contribution is 7.10. The Bertz CT molecular complexity index is 607. The number of rotatable bonds is 7. The zero-order valence-electron chi connectivity index (χ0n) is 14.0. The number of amides is 2. The Morgan fingerprint density at radius 1 is 1.38 bits per heavy atom. The van der Waals surface area contributed by atoms with Gasteiger partial charge in [-0.05, 0) is 50.4 Å². The van der Waals surface area contributed by atoms with E-state index in [4.69, 9.17) is 0 Å². The summed E-state index contributed by atoms with van der Waals surface area (Å²) in [5.41, 5.74) is 0. The van der Waals surface area contributed by atoms with Gasteiger partial charge in [0.25, 0.3) is 0 Å². The summed E-state index contributed by atoms with van der Waals surface area (Å²) in [6.07, 6.45) is 6.13. The van der Waals surface area contributed by atoms with Crippen LogP contribution in [0.4, 0.5) is 4.79 Å². The van der Waals surface area contributed by atoms with Gasteiger partial charge in [-0.15, -0.1) is 11.3 Å². The lowest BCUT2D eigenvalue weighted by Gasteiger charge is -2.27. The van der Waals surface area contributed by atoms with Crippen molar-refractivity contribution in [3.63, 3.8) is 0 Å². The van der Waals surface area contributed by atoms with Crippen LogP contribution in [0.15, 0.2) is 36.0 Å². The van der Waals surface area contributed by atoms with Gasteiger partial charge < -0.3 is 10.6 Å². The summed E-state index contributed by atoms with van der Waals surface area (Å²) in [5, 5.41) is 12.3. The molecular formula is C17H25N5OS. The minimum Gasteiger partial charge on any atom is -0.336 e. The molecule has 2 aromatic rings. The van der Waals surface area contributed by atoms with E-state index in [-0.39, 0.29) is 18.1 Å². The molecule has 0 spiro atoms. The summed E-state index contributed by atoms with van der Waals surface area (Å²) in [6.45, 7) is 5.52. The predicted octanol–water partition coefficient (Wildman–Crippen LogP) is 2.47. The lowest BCUT2D eigenvalue weighted by molar-refractivity contribution is 0.219. The minimum atomic E-state index is -0.115. The molecule has 3 heterocycles. The molecule has 6 nitrogen and oxygen atoms in total. The SMILES string of the molecule is C[C@@H](Cn1cccn1)NC(=O)NC[C@@H](c1cccs1)N1CCCC1. The van der Waals surface area contributed by atoms with Crippen molar-refractivity contribution >= 4 is 17.4 Å². The smallest absolute Gasteiger partial charge is 0.315 e. The first-order chi connectivity index (χ1) is 11.7. The zero-order valence-corrected chi connectivity index (χ0v) is 14.8. The highest BCUT2D eigenvalue weighted by Gasteiger charge is 2.24. The highest BCUT2D eigenvalue weighted by Crippen LogP contribution is 2.27. The molecule has 0 aromatic carbocycles. The molecule has 0 bridgehead atoms. The molecule has 3 rings (SSSR count). The predicted molar refractivity (Wildman–Crippen MR) is 96.1 cm³/mol. The molecule has 1 aliphatic heterocycles. The maximum Gasteiger partial charge on any atom is 0.315 e. The molecule has 1 fully saturated rings. The Morgan fingerprint density at radius 3 is 2.88 bits per heavy atom. The Balaban J connectivity index is 1.49. The molecule has 2 aromatic heterocycles. The van der Waals surface area contributed by atoms with Crippen molar-refractivity contribution in [1.82, 2.24) is 25.3 Å². The van der Waals surface area contributed by atoms with Gasteiger partial charge in [0.15, 0.2) is 0 Å². The van der Waals surface area contributed by atoms with Crippen molar-refractivity contribution in [3.05, 3.63) is 40.8 Å². The fourth-order valence-electron chi connectivity index (χ4n) is 3.14. The number of hydrogen-bond acceptors (Lipinski definition) is 4. The van der Waals surface area contributed by atoms with E-state index in [1.807, 2.05) is 23.9 Å². The van der Waals surface area contributed by atoms with Crippen LogP contribution in [0.3, 0.4) is 0 Å². The highest BCUT2D eigenvalue weighted by atomic mass is 32.1. The van der Waals surface area contributed by atoms with E-state index in [2.05, 4.69) is 38.1 Å². The molecule has 2 amide bonds. The second kappa shape index (κ2) is 8.30. The average Bonchev–Trinajstić information content (AvgIpc) is 3.31. The van der Waals surface area contributed by atoms with E-state index in [1.165, 1.54) is 17.7 Å². The molecule has 130 valence electrons. The summed E-state index contributed by atoms with van der Waals surface area (Å²) in [5.74, 6) is 0. The van der Waals surface area contributed by atoms with Crippen molar-refractivity contribution in [2.24, 2.45) is 0 Å². The van der Waals surface area contributed by atoms with Gasteiger partial charge in [0.2, 0.25) is 0 Å². The molecule has 0 aliphatic carbocycles. The maximum atomic E-state index is 12.2. The van der Waals surface area contributed by atoms with Gasteiger partial charge in [0.05, 0.1) is 12.6 Å². The van der Waals surface area contributed by atoms with E-state index in [0.717, 1.165) is 13.1 Å². The monoisotopic (exact) mass is 347 g/mol. The number of nitrogens with zero attached hydrogens (tertiary/aromatic N) is 3. The van der Waals surface area contributed by atoms with Crippen LogP contribution >= 0.6 is 11.3 Å². The van der Waals surface area contributed by atoms with E-state index < -0.39 is 0 Å². The number of thiophene rings is 1. The van der Waals surface area contributed by atoms with E-state index in [9.17, 15) is 4.79 Å². The third-order valence-electron chi connectivity index (χ3n) is 4.31. The van der Waals surface area contributed by atoms with Crippen molar-refractivity contribution in [3.8, 4) is 0 Å². The van der Waals surface area contributed by atoms with Gasteiger partial charge in [-0.25, -0.2) is 4.79 Å². The minimum absolute atomic E-state index is 0.0249. The number of likely N-dealkylation sites (tertiary alicyclic amines) is 1. The summed E-state index contributed by atoms with van der Waals surface area (Å²) in [4.78, 5) is 16.0. The topological polar surface area (TPSA) is 62.2 Å². The van der Waals surface area contributed by atoms with Crippen LogP contribution < -0.4 is 10.6 Å². The molecule has 0 unspecified atom stereocenters. The molecule has 0 radical (unpaired) electrons. The summed E-state index contributed by atoms with van der Waals surface area (Å²) in [7, 11) is 0. The van der Waals surface area contributed by atoms with E-state index >= 15 is 0 Å². The van der Waals surface area contributed by atoms with Gasteiger partial charge in [0.1, 0.15) is 0 Å². The Morgan fingerprint density at radius 2 is 2.21 bits per heavy atom. The quantitative estimate of drug-likeness (QED) is 0.809. The summed E-state index contributed by atoms with van der Waals surface area (Å²) in [6, 6.07) is 6.31. The molecule has 2 atom stereocenters. The number of hydrogen-bond donors (Lipinski definition) is 2. The molecule has 2 N–H and O–H groups in total. The van der Waals surface area contributed by atoms with Crippen molar-refractivity contribution in [1.29, 1.82) is 0 Å². The second-order valence-corrected chi connectivity index (χ2v) is 7.24. The third kappa shape index (κ3) is 4.58. The zero-order chi connectivity index (χ0) is 16.8. The van der Waals surface area contributed by atoms with Crippen LogP contribution in [0.25, 0.3) is 0 Å². The first-order valence-corrected chi connectivity index (χ1v) is 9.39. The lowest BCUT2D eigenvalue weighted by atomic mass is 10.2. The standard InChI is InChI=1S/C17H25N5OS/c1-14(13-22-10-5-7-19-22)20-17(23)18-12-15(16-6-4-11-24-16)21-8-2-3-9-21/h4-7,10-11,14-15H,2-3,8-9,12-13H2,1H3,(H2,18,20,23)/t14-,15-/m0/s1. The van der Waals surface area contributed by atoms with Crippen molar-refractivity contribution < 1.29 is 4.79 Å². The van der Waals surface area contributed by atoms with E-state index in [0.29, 0.717) is 13.1 Å². The van der Waals surface area contributed by atoms with Crippen LogP contribution in [0.2, 0.25) is 0 Å². The van der Waals surface area contributed by atoms with Crippen LogP contribution in [0, 0.1) is 0 Å². The normalized spacial score (nSPS) is 17.5. The first kappa shape index (κ1) is 17.0. The van der Waals surface area contributed by atoms with Crippen LogP contribution in [0.5, 0.6) is 0 Å². The second-order valence-electron chi connectivity index (χ2n) is 6.26. The Labute approximate surface area is 146 Å². The number of urea groups is 1. The number of carbonyl (C=O) groups excluding carboxylic acids is 1. The lowest BCUT2D eigenvalue weighted by Crippen LogP contribution is -2.45. The molecule has 7 heteroatoms. The van der Waals surface area contributed by atoms with Crippen LogP contribution in [-0.2, 0) is 6.54 Å². The fourth-order valence-corrected chi connectivity index (χ4v) is 4.00. The largest absolute Gasteiger partial charge is 0.336 e. The third-order valence-corrected chi connectivity index (χ3v) is 5.28. The van der Waals surface area contributed by atoms with Gasteiger partial charge in [-0.1, -0.05) is 6.07 Å². The molecule has 0 saturated carbocycles. The summed E-state index contributed by atoms with van der Waals surface area (Å²) >= 11 is 1.76. The molecule has 1 saturated heterocycles. The van der Waals surface area contributed by atoms with Crippen molar-refractivity contribution in [2.75, 3.05) is 19.6 Å². The van der Waals surface area contributed by atoms with Crippen LogP contribution in [0.1, 0.15) is 30.7 Å². The number of aromatic nitrogens is 2. The van der Waals surface area contributed by atoms with Gasteiger partial charge in [0, 0.05) is 29.9 Å². The first-order valence-electron chi connectivity index (χ1n) is 8.51. The molecule has 1 aliphatic rings. The molecular weight excluding hydrogens is 322 g/mol. The van der Waals surface area contributed by atoms with E-state index in [1.54, 1.807) is 17.5 Å². The summed E-state index contributed by atoms with van der Waals surface area (Å²) < 4.78 is 1.82. The average molecular weight is 347 g/mol. The molecule has 24 heavy (non-hydrogen) atoms.